The molecule has 4 rings (SSSR count). The van der Waals surface area contributed by atoms with Crippen molar-refractivity contribution in [3.63, 3.8) is 0 Å². The number of hydrogen-bond donors (Lipinski definition) is 1. The monoisotopic (exact) mass is 373 g/mol. The summed E-state index contributed by atoms with van der Waals surface area (Å²) in [5.41, 5.74) is 8.40. The van der Waals surface area contributed by atoms with Crippen molar-refractivity contribution < 1.29 is 4.39 Å². The Hall–Kier alpha value is -3.86. The maximum absolute atomic E-state index is 14.1. The quantitative estimate of drug-likeness (QED) is 0.576. The van der Waals surface area contributed by atoms with Crippen molar-refractivity contribution in [3.8, 4) is 17.6 Å². The molecule has 0 fully saturated rings. The lowest BCUT2D eigenvalue weighted by Crippen LogP contribution is -2.05. The Morgan fingerprint density at radius 2 is 1.96 bits per heavy atom. The molecule has 3 aromatic heterocycles. The normalized spacial score (nSPS) is 10.9. The molecule has 0 atom stereocenters. The molecule has 0 saturated carbocycles. The van der Waals surface area contributed by atoms with Gasteiger partial charge in [0.15, 0.2) is 11.5 Å². The summed E-state index contributed by atoms with van der Waals surface area (Å²) in [6.45, 7) is 0.232. The summed E-state index contributed by atoms with van der Waals surface area (Å²) >= 11 is 0. The van der Waals surface area contributed by atoms with Gasteiger partial charge in [-0.25, -0.2) is 24.0 Å². The number of hydrogen-bond acceptors (Lipinski definition) is 6. The standard InChI is InChI=1S/C20H16FN7/c21-16-8-2-1-5-14(16)12-28-20-15(7-4-10-24-20)17(27-28)19-25-11-13(6-3-9-22)18(23)26-19/h1-2,4-5,7-8,10-11H,3,6,12H2,(H2,23,25,26). The van der Waals surface area contributed by atoms with Gasteiger partial charge in [-0.3, -0.25) is 0 Å². The zero-order chi connectivity index (χ0) is 19.5. The molecule has 0 aliphatic rings. The maximum Gasteiger partial charge on any atom is 0.182 e. The van der Waals surface area contributed by atoms with Gasteiger partial charge in [0.25, 0.3) is 0 Å². The van der Waals surface area contributed by atoms with Crippen molar-refractivity contribution in [1.29, 1.82) is 5.26 Å². The lowest BCUT2D eigenvalue weighted by molar-refractivity contribution is 0.589. The van der Waals surface area contributed by atoms with E-state index in [2.05, 4.69) is 26.1 Å². The number of anilines is 1. The first-order valence-electron chi connectivity index (χ1n) is 8.71. The fourth-order valence-electron chi connectivity index (χ4n) is 2.99. The lowest BCUT2D eigenvalue weighted by Gasteiger charge is -2.04. The molecule has 0 radical (unpaired) electrons. The van der Waals surface area contributed by atoms with E-state index in [-0.39, 0.29) is 12.4 Å². The number of nitrogen functional groups attached to an aromatic ring is 1. The second-order valence-corrected chi connectivity index (χ2v) is 6.23. The van der Waals surface area contributed by atoms with E-state index in [9.17, 15) is 4.39 Å². The molecule has 7 nitrogen and oxygen atoms in total. The van der Waals surface area contributed by atoms with Gasteiger partial charge in [-0.1, -0.05) is 18.2 Å². The molecule has 0 bridgehead atoms. The lowest BCUT2D eigenvalue weighted by atomic mass is 10.2. The van der Waals surface area contributed by atoms with Crippen LogP contribution in [0.3, 0.4) is 0 Å². The number of nitriles is 1. The van der Waals surface area contributed by atoms with Crippen molar-refractivity contribution in [2.45, 2.75) is 19.4 Å². The summed E-state index contributed by atoms with van der Waals surface area (Å²) in [7, 11) is 0. The van der Waals surface area contributed by atoms with Crippen molar-refractivity contribution in [2.75, 3.05) is 5.73 Å². The molecule has 0 saturated heterocycles. The molecule has 0 unspecified atom stereocenters. The molecule has 4 aromatic rings. The molecule has 0 spiro atoms. The predicted molar refractivity (Wildman–Crippen MR) is 102 cm³/mol. The maximum atomic E-state index is 14.1. The summed E-state index contributed by atoms with van der Waals surface area (Å²) in [6, 6.07) is 12.3. The zero-order valence-electron chi connectivity index (χ0n) is 14.9. The van der Waals surface area contributed by atoms with Crippen molar-refractivity contribution >= 4 is 16.9 Å². The van der Waals surface area contributed by atoms with Crippen LogP contribution in [0.2, 0.25) is 0 Å². The van der Waals surface area contributed by atoms with Crippen LogP contribution in [0.15, 0.2) is 48.8 Å². The minimum absolute atomic E-state index is 0.232. The molecule has 0 aliphatic carbocycles. The number of halogens is 1. The van der Waals surface area contributed by atoms with E-state index in [1.165, 1.54) is 6.07 Å². The molecule has 8 heteroatoms. The molecular weight excluding hydrogens is 357 g/mol. The molecule has 28 heavy (non-hydrogen) atoms. The van der Waals surface area contributed by atoms with Crippen molar-refractivity contribution in [1.82, 2.24) is 24.7 Å². The zero-order valence-corrected chi connectivity index (χ0v) is 14.9. The third kappa shape index (κ3) is 3.25. The Bertz CT molecular complexity index is 1190. The van der Waals surface area contributed by atoms with E-state index in [1.807, 2.05) is 6.07 Å². The van der Waals surface area contributed by atoms with Gasteiger partial charge in [0.1, 0.15) is 17.3 Å². The third-order valence-corrected chi connectivity index (χ3v) is 4.40. The van der Waals surface area contributed by atoms with Crippen LogP contribution in [-0.4, -0.2) is 24.7 Å². The van der Waals surface area contributed by atoms with E-state index >= 15 is 0 Å². The van der Waals surface area contributed by atoms with Gasteiger partial charge in [0, 0.05) is 29.9 Å². The number of nitrogens with two attached hydrogens (primary N) is 1. The number of fused-ring (bicyclic) bond motifs is 1. The van der Waals surface area contributed by atoms with Crippen LogP contribution in [0.4, 0.5) is 10.2 Å². The fourth-order valence-corrected chi connectivity index (χ4v) is 2.99. The highest BCUT2D eigenvalue weighted by Gasteiger charge is 2.17. The van der Waals surface area contributed by atoms with Crippen LogP contribution in [0.5, 0.6) is 0 Å². The number of rotatable bonds is 5. The second kappa shape index (κ2) is 7.40. The van der Waals surface area contributed by atoms with Gasteiger partial charge >= 0.3 is 0 Å². The smallest absolute Gasteiger partial charge is 0.182 e. The first kappa shape index (κ1) is 17.5. The van der Waals surface area contributed by atoms with Gasteiger partial charge in [0.05, 0.1) is 18.0 Å². The average Bonchev–Trinajstić information content (AvgIpc) is 3.07. The summed E-state index contributed by atoms with van der Waals surface area (Å²) < 4.78 is 15.7. The highest BCUT2D eigenvalue weighted by atomic mass is 19.1. The van der Waals surface area contributed by atoms with Crippen LogP contribution in [0, 0.1) is 17.1 Å². The topological polar surface area (TPSA) is 106 Å². The van der Waals surface area contributed by atoms with Crippen LogP contribution in [0.25, 0.3) is 22.6 Å². The van der Waals surface area contributed by atoms with Crippen molar-refractivity contribution in [3.05, 3.63) is 65.7 Å². The molecule has 138 valence electrons. The SMILES string of the molecule is N#CCCc1cnc(-c2nn(Cc3ccccc3F)c3ncccc23)nc1N. The van der Waals surface area contributed by atoms with Gasteiger partial charge in [-0.05, 0) is 24.6 Å². The molecule has 2 N–H and O–H groups in total. The summed E-state index contributed by atoms with van der Waals surface area (Å²) in [5, 5.41) is 14.1. The summed E-state index contributed by atoms with van der Waals surface area (Å²) in [4.78, 5) is 13.1. The average molecular weight is 373 g/mol. The first-order chi connectivity index (χ1) is 13.7. The summed E-state index contributed by atoms with van der Waals surface area (Å²) in [6.07, 6.45) is 4.11. The highest BCUT2D eigenvalue weighted by Crippen LogP contribution is 2.26. The van der Waals surface area contributed by atoms with Crippen LogP contribution in [0.1, 0.15) is 17.5 Å². The molecular formula is C20H16FN7. The number of aromatic nitrogens is 5. The Labute approximate surface area is 160 Å². The highest BCUT2D eigenvalue weighted by molar-refractivity contribution is 5.89. The summed E-state index contributed by atoms with van der Waals surface area (Å²) in [5.74, 6) is 0.385. The predicted octanol–water partition coefficient (Wildman–Crippen LogP) is 3.11. The third-order valence-electron chi connectivity index (χ3n) is 4.40. The van der Waals surface area contributed by atoms with Gasteiger partial charge in [-0.15, -0.1) is 0 Å². The number of pyridine rings is 1. The largest absolute Gasteiger partial charge is 0.383 e. The van der Waals surface area contributed by atoms with E-state index in [4.69, 9.17) is 11.0 Å². The van der Waals surface area contributed by atoms with Gasteiger partial charge in [-0.2, -0.15) is 10.4 Å². The Morgan fingerprint density at radius 3 is 2.75 bits per heavy atom. The number of aryl methyl sites for hydroxylation is 1. The Balaban J connectivity index is 1.77. The Morgan fingerprint density at radius 1 is 1.11 bits per heavy atom. The number of benzene rings is 1. The van der Waals surface area contributed by atoms with Crippen molar-refractivity contribution in [2.24, 2.45) is 0 Å². The second-order valence-electron chi connectivity index (χ2n) is 6.23. The van der Waals surface area contributed by atoms with Crippen LogP contribution in [-0.2, 0) is 13.0 Å². The molecule has 1 aromatic carbocycles. The fraction of sp³-hybridized carbons (Fsp3) is 0.150. The first-order valence-corrected chi connectivity index (χ1v) is 8.71. The molecule has 0 aliphatic heterocycles. The van der Waals surface area contributed by atoms with E-state index < -0.39 is 0 Å². The molecule has 0 amide bonds. The minimum atomic E-state index is -0.300. The molecule has 3 heterocycles. The van der Waals surface area contributed by atoms with E-state index in [0.717, 1.165) is 10.9 Å². The minimum Gasteiger partial charge on any atom is -0.383 e. The van der Waals surface area contributed by atoms with Gasteiger partial charge in [0.2, 0.25) is 0 Å². The van der Waals surface area contributed by atoms with Gasteiger partial charge < -0.3 is 5.73 Å². The number of nitrogens with zero attached hydrogens (tertiary/aromatic N) is 6. The van der Waals surface area contributed by atoms with Crippen LogP contribution >= 0.6 is 0 Å². The van der Waals surface area contributed by atoms with E-state index in [1.54, 1.807) is 41.3 Å². The van der Waals surface area contributed by atoms with Crippen LogP contribution < -0.4 is 5.73 Å². The van der Waals surface area contributed by atoms with E-state index in [0.29, 0.717) is 41.4 Å². The Kier molecular flexibility index (Phi) is 4.64.